The van der Waals surface area contributed by atoms with Crippen molar-refractivity contribution in [3.63, 3.8) is 0 Å². The number of aromatic nitrogens is 1. The van der Waals surface area contributed by atoms with Crippen LogP contribution in [0.3, 0.4) is 0 Å². The summed E-state index contributed by atoms with van der Waals surface area (Å²) in [6, 6.07) is -0.582. The van der Waals surface area contributed by atoms with Crippen LogP contribution in [0.4, 0.5) is 9.93 Å². The van der Waals surface area contributed by atoms with Crippen molar-refractivity contribution in [2.24, 2.45) is 0 Å². The fraction of sp³-hybridized carbons (Fsp3) is 0.444. The molecule has 0 radical (unpaired) electrons. The van der Waals surface area contributed by atoms with Gasteiger partial charge in [-0.15, -0.1) is 11.3 Å². The highest BCUT2D eigenvalue weighted by Crippen LogP contribution is 2.16. The van der Waals surface area contributed by atoms with Gasteiger partial charge in [-0.25, -0.2) is 14.6 Å². The second kappa shape index (κ2) is 4.48. The zero-order valence-corrected chi connectivity index (χ0v) is 10.0. The van der Waals surface area contributed by atoms with Gasteiger partial charge in [-0.3, -0.25) is 5.32 Å². The molecule has 7 heteroatoms. The first-order chi connectivity index (χ1) is 7.31. The number of aliphatic carboxylic acids is 1. The van der Waals surface area contributed by atoms with Gasteiger partial charge in [-0.2, -0.15) is 0 Å². The predicted octanol–water partition coefficient (Wildman–Crippen LogP) is 1.44. The first-order valence-electron chi connectivity index (χ1n) is 4.56. The Morgan fingerprint density at radius 2 is 2.12 bits per heavy atom. The van der Waals surface area contributed by atoms with E-state index in [1.54, 1.807) is 6.20 Å². The summed E-state index contributed by atoms with van der Waals surface area (Å²) < 4.78 is 0. The summed E-state index contributed by atoms with van der Waals surface area (Å²) in [6.07, 6.45) is 1.63. The molecular formula is C9H13N3O3S. The third kappa shape index (κ3) is 3.20. The number of nitrogens with zero attached hydrogens (tertiary/aromatic N) is 1. The molecule has 0 aliphatic heterocycles. The minimum absolute atomic E-state index is 0.441. The summed E-state index contributed by atoms with van der Waals surface area (Å²) in [7, 11) is 0. The number of carbonyl (C=O) groups is 2. The largest absolute Gasteiger partial charge is 0.480 e. The van der Waals surface area contributed by atoms with Crippen LogP contribution in [0, 0.1) is 6.92 Å². The van der Waals surface area contributed by atoms with Gasteiger partial charge in [0.05, 0.1) is 0 Å². The molecule has 0 bridgehead atoms. The predicted molar refractivity (Wildman–Crippen MR) is 60.7 cm³/mol. The Kier molecular flexibility index (Phi) is 3.48. The average molecular weight is 243 g/mol. The Hall–Kier alpha value is -1.63. The van der Waals surface area contributed by atoms with Crippen molar-refractivity contribution >= 4 is 28.5 Å². The number of aryl methyl sites for hydroxylation is 1. The average Bonchev–Trinajstić information content (AvgIpc) is 2.49. The second-order valence-electron chi connectivity index (χ2n) is 3.79. The zero-order chi connectivity index (χ0) is 12.3. The lowest BCUT2D eigenvalue weighted by Gasteiger charge is -2.20. The van der Waals surface area contributed by atoms with Gasteiger partial charge < -0.3 is 10.4 Å². The van der Waals surface area contributed by atoms with E-state index < -0.39 is 17.5 Å². The first kappa shape index (κ1) is 12.4. The summed E-state index contributed by atoms with van der Waals surface area (Å²) in [5.74, 6) is -1.10. The highest BCUT2D eigenvalue weighted by molar-refractivity contribution is 7.15. The molecular weight excluding hydrogens is 230 g/mol. The Bertz CT molecular complexity index is 414. The van der Waals surface area contributed by atoms with Gasteiger partial charge in [0, 0.05) is 11.1 Å². The molecule has 1 aromatic heterocycles. The first-order valence-corrected chi connectivity index (χ1v) is 5.38. The van der Waals surface area contributed by atoms with E-state index in [0.29, 0.717) is 5.13 Å². The molecule has 0 saturated carbocycles. The minimum Gasteiger partial charge on any atom is -0.480 e. The Labute approximate surface area is 96.7 Å². The summed E-state index contributed by atoms with van der Waals surface area (Å²) in [6.45, 7) is 4.67. The van der Waals surface area contributed by atoms with Crippen molar-refractivity contribution in [2.45, 2.75) is 26.3 Å². The van der Waals surface area contributed by atoms with E-state index in [0.717, 1.165) is 4.88 Å². The van der Waals surface area contributed by atoms with Gasteiger partial charge in [-0.1, -0.05) is 0 Å². The van der Waals surface area contributed by atoms with Crippen LogP contribution < -0.4 is 10.6 Å². The van der Waals surface area contributed by atoms with Crippen LogP contribution in [0.15, 0.2) is 6.20 Å². The van der Waals surface area contributed by atoms with Crippen LogP contribution >= 0.6 is 11.3 Å². The number of hydrogen-bond acceptors (Lipinski definition) is 4. The molecule has 0 aliphatic rings. The fourth-order valence-electron chi connectivity index (χ4n) is 0.878. The van der Waals surface area contributed by atoms with E-state index in [1.807, 2.05) is 6.92 Å². The van der Waals surface area contributed by atoms with Crippen LogP contribution in [0.1, 0.15) is 18.7 Å². The van der Waals surface area contributed by atoms with Crippen molar-refractivity contribution in [2.75, 3.05) is 5.32 Å². The van der Waals surface area contributed by atoms with Crippen molar-refractivity contribution in [3.8, 4) is 0 Å². The Morgan fingerprint density at radius 3 is 2.56 bits per heavy atom. The summed E-state index contributed by atoms with van der Waals surface area (Å²) in [4.78, 5) is 27.1. The molecule has 1 rings (SSSR count). The molecule has 6 nitrogen and oxygen atoms in total. The lowest BCUT2D eigenvalue weighted by atomic mass is 10.1. The molecule has 16 heavy (non-hydrogen) atoms. The third-order valence-corrected chi connectivity index (χ3v) is 2.63. The number of carboxylic acid groups (broad SMARTS) is 1. The van der Waals surface area contributed by atoms with Gasteiger partial charge in [-0.05, 0) is 20.8 Å². The van der Waals surface area contributed by atoms with Crippen LogP contribution in [0.2, 0.25) is 0 Å². The maximum atomic E-state index is 11.4. The number of hydrogen-bond donors (Lipinski definition) is 3. The van der Waals surface area contributed by atoms with Gasteiger partial charge >= 0.3 is 12.0 Å². The lowest BCUT2D eigenvalue weighted by molar-refractivity contribution is -0.142. The normalized spacial score (nSPS) is 10.9. The van der Waals surface area contributed by atoms with Crippen molar-refractivity contribution in [3.05, 3.63) is 11.1 Å². The molecule has 0 spiro atoms. The van der Waals surface area contributed by atoms with E-state index >= 15 is 0 Å². The van der Waals surface area contributed by atoms with Crippen LogP contribution in [-0.4, -0.2) is 27.6 Å². The standard InChI is InChI=1S/C9H13N3O3S/c1-5-4-10-8(16-5)11-7(15)12-9(2,3)6(13)14/h4H,1-3H3,(H,13,14)(H2,10,11,12,15). The molecule has 0 aliphatic carbocycles. The van der Waals surface area contributed by atoms with Crippen molar-refractivity contribution in [1.82, 2.24) is 10.3 Å². The van der Waals surface area contributed by atoms with Gasteiger partial charge in [0.2, 0.25) is 0 Å². The molecule has 2 amide bonds. The summed E-state index contributed by atoms with van der Waals surface area (Å²) in [5, 5.41) is 14.0. The maximum Gasteiger partial charge on any atom is 0.328 e. The van der Waals surface area contributed by atoms with Crippen molar-refractivity contribution in [1.29, 1.82) is 0 Å². The Morgan fingerprint density at radius 1 is 1.50 bits per heavy atom. The fourth-order valence-corrected chi connectivity index (χ4v) is 1.54. The SMILES string of the molecule is Cc1cnc(NC(=O)NC(C)(C)C(=O)O)s1. The number of urea groups is 1. The van der Waals surface area contributed by atoms with Gasteiger partial charge in [0.15, 0.2) is 5.13 Å². The van der Waals surface area contributed by atoms with Crippen LogP contribution in [0.25, 0.3) is 0 Å². The molecule has 3 N–H and O–H groups in total. The topological polar surface area (TPSA) is 91.3 Å². The number of carbonyl (C=O) groups excluding carboxylic acids is 1. The van der Waals surface area contributed by atoms with E-state index in [2.05, 4.69) is 15.6 Å². The smallest absolute Gasteiger partial charge is 0.328 e. The third-order valence-electron chi connectivity index (χ3n) is 1.80. The lowest BCUT2D eigenvalue weighted by Crippen LogP contribution is -2.51. The molecule has 1 aromatic rings. The number of carboxylic acids is 1. The zero-order valence-electron chi connectivity index (χ0n) is 9.20. The number of nitrogens with one attached hydrogen (secondary N) is 2. The molecule has 0 atom stereocenters. The second-order valence-corrected chi connectivity index (χ2v) is 5.02. The molecule has 0 saturated heterocycles. The van der Waals surface area contributed by atoms with E-state index in [-0.39, 0.29) is 0 Å². The van der Waals surface area contributed by atoms with Gasteiger partial charge in [0.1, 0.15) is 5.54 Å². The quantitative estimate of drug-likeness (QED) is 0.749. The summed E-state index contributed by atoms with van der Waals surface area (Å²) in [5.41, 5.74) is -1.31. The number of amides is 2. The number of anilines is 1. The highest BCUT2D eigenvalue weighted by atomic mass is 32.1. The van der Waals surface area contributed by atoms with E-state index in [4.69, 9.17) is 5.11 Å². The van der Waals surface area contributed by atoms with Crippen LogP contribution in [-0.2, 0) is 4.79 Å². The Balaban J connectivity index is 2.58. The molecule has 0 fully saturated rings. The van der Waals surface area contributed by atoms with E-state index in [1.165, 1.54) is 25.2 Å². The minimum atomic E-state index is -1.31. The molecule has 0 unspecified atom stereocenters. The van der Waals surface area contributed by atoms with Gasteiger partial charge in [0.25, 0.3) is 0 Å². The molecule has 0 aromatic carbocycles. The molecule has 88 valence electrons. The summed E-state index contributed by atoms with van der Waals surface area (Å²) >= 11 is 1.32. The van der Waals surface area contributed by atoms with Crippen LogP contribution in [0.5, 0.6) is 0 Å². The molecule has 1 heterocycles. The maximum absolute atomic E-state index is 11.4. The number of thiazole rings is 1. The van der Waals surface area contributed by atoms with Crippen molar-refractivity contribution < 1.29 is 14.7 Å². The number of rotatable bonds is 3. The monoisotopic (exact) mass is 243 g/mol. The van der Waals surface area contributed by atoms with E-state index in [9.17, 15) is 9.59 Å². The highest BCUT2D eigenvalue weighted by Gasteiger charge is 2.29.